The zero-order chi connectivity index (χ0) is 14.3. The molecule has 1 fully saturated rings. The number of hydrogen-bond donors (Lipinski definition) is 2. The van der Waals surface area contributed by atoms with Gasteiger partial charge >= 0.3 is 0 Å². The highest BCUT2D eigenvalue weighted by atomic mass is 16.3. The van der Waals surface area contributed by atoms with Crippen LogP contribution >= 0.6 is 0 Å². The Balaban J connectivity index is 1.90. The number of aliphatic hydroxyl groups is 2. The first-order chi connectivity index (χ1) is 9.52. The molecule has 0 unspecified atom stereocenters. The van der Waals surface area contributed by atoms with Crippen LogP contribution in [0.4, 0.5) is 0 Å². The summed E-state index contributed by atoms with van der Waals surface area (Å²) in [6.45, 7) is 3.17. The van der Waals surface area contributed by atoms with Crippen LogP contribution in [0, 0.1) is 6.92 Å². The molecule has 106 valence electrons. The minimum Gasteiger partial charge on any atom is -0.389 e. The van der Waals surface area contributed by atoms with Crippen LogP contribution < -0.4 is 5.56 Å². The molecule has 2 N–H and O–H groups in total. The van der Waals surface area contributed by atoms with Crippen LogP contribution in [-0.4, -0.2) is 49.8 Å². The minimum atomic E-state index is -0.723. The van der Waals surface area contributed by atoms with Gasteiger partial charge < -0.3 is 10.2 Å². The fourth-order valence-electron chi connectivity index (χ4n) is 2.54. The molecule has 1 aliphatic rings. The molecule has 0 saturated carbocycles. The van der Waals surface area contributed by atoms with Crippen LogP contribution in [0.5, 0.6) is 0 Å². The summed E-state index contributed by atoms with van der Waals surface area (Å²) in [4.78, 5) is 18.4. The summed E-state index contributed by atoms with van der Waals surface area (Å²) in [5.41, 5.74) is 2.15. The number of pyridine rings is 1. The van der Waals surface area contributed by atoms with E-state index in [1.54, 1.807) is 6.20 Å². The maximum atomic E-state index is 12.1. The SMILES string of the molecule is Cc1ccc2nc(CN3C[C@@H](O)[C@@H](O)C3)cc(=O)n2c1. The standard InChI is InChI=1S/C14H17N3O3/c1-9-2-3-13-15-10(4-14(20)17(13)5-9)6-16-7-11(18)12(19)8-16/h2-5,11-12,18-19H,6-8H2,1H3/t11-,12+. The van der Waals surface area contributed by atoms with E-state index in [0.29, 0.717) is 31.0 Å². The number of β-amino-alcohol motifs (C(OH)–C–C–N with tert-alkyl or cyclic N) is 2. The molecule has 3 heterocycles. The van der Waals surface area contributed by atoms with E-state index in [1.807, 2.05) is 24.0 Å². The van der Waals surface area contributed by atoms with E-state index in [1.165, 1.54) is 10.5 Å². The van der Waals surface area contributed by atoms with Crippen molar-refractivity contribution in [3.63, 3.8) is 0 Å². The van der Waals surface area contributed by atoms with E-state index in [0.717, 1.165) is 5.56 Å². The molecule has 1 aliphatic heterocycles. The Morgan fingerprint density at radius 1 is 1.30 bits per heavy atom. The summed E-state index contributed by atoms with van der Waals surface area (Å²) in [5.74, 6) is 0. The third-order valence-corrected chi connectivity index (χ3v) is 3.58. The van der Waals surface area contributed by atoms with E-state index >= 15 is 0 Å². The lowest BCUT2D eigenvalue weighted by Crippen LogP contribution is -2.24. The van der Waals surface area contributed by atoms with Crippen LogP contribution in [0.3, 0.4) is 0 Å². The number of rotatable bonds is 2. The van der Waals surface area contributed by atoms with Crippen molar-refractivity contribution in [2.24, 2.45) is 0 Å². The first-order valence-electron chi connectivity index (χ1n) is 6.60. The van der Waals surface area contributed by atoms with Crippen molar-refractivity contribution in [1.82, 2.24) is 14.3 Å². The number of aromatic nitrogens is 2. The van der Waals surface area contributed by atoms with Crippen LogP contribution in [0.15, 0.2) is 29.2 Å². The summed E-state index contributed by atoms with van der Waals surface area (Å²) >= 11 is 0. The number of aliphatic hydroxyl groups excluding tert-OH is 2. The normalized spacial score (nSPS) is 23.6. The lowest BCUT2D eigenvalue weighted by atomic mass is 10.3. The highest BCUT2D eigenvalue weighted by molar-refractivity contribution is 5.39. The van der Waals surface area contributed by atoms with Gasteiger partial charge in [-0.25, -0.2) is 4.98 Å². The fourth-order valence-corrected chi connectivity index (χ4v) is 2.54. The summed E-state index contributed by atoms with van der Waals surface area (Å²) in [5, 5.41) is 19.1. The van der Waals surface area contributed by atoms with Crippen molar-refractivity contribution in [3.8, 4) is 0 Å². The predicted octanol–water partition coefficient (Wildman–Crippen LogP) is -0.460. The Morgan fingerprint density at radius 3 is 2.70 bits per heavy atom. The molecule has 0 amide bonds. The maximum absolute atomic E-state index is 12.1. The number of hydrogen-bond acceptors (Lipinski definition) is 5. The average molecular weight is 275 g/mol. The number of likely N-dealkylation sites (tertiary alicyclic amines) is 1. The van der Waals surface area contributed by atoms with E-state index in [4.69, 9.17) is 0 Å². The van der Waals surface area contributed by atoms with Crippen LogP contribution in [0.25, 0.3) is 5.65 Å². The first kappa shape index (κ1) is 13.2. The Morgan fingerprint density at radius 2 is 2.00 bits per heavy atom. The molecule has 0 bridgehead atoms. The highest BCUT2D eigenvalue weighted by Gasteiger charge is 2.29. The van der Waals surface area contributed by atoms with Crippen molar-refractivity contribution in [1.29, 1.82) is 0 Å². The van der Waals surface area contributed by atoms with E-state index in [2.05, 4.69) is 4.98 Å². The summed E-state index contributed by atoms with van der Waals surface area (Å²) in [6, 6.07) is 5.23. The predicted molar refractivity (Wildman–Crippen MR) is 73.5 cm³/mol. The molecule has 20 heavy (non-hydrogen) atoms. The lowest BCUT2D eigenvalue weighted by Gasteiger charge is -2.14. The monoisotopic (exact) mass is 275 g/mol. The topological polar surface area (TPSA) is 78.1 Å². The van der Waals surface area contributed by atoms with Crippen LogP contribution in [0.2, 0.25) is 0 Å². The summed E-state index contributed by atoms with van der Waals surface area (Å²) < 4.78 is 1.52. The van der Waals surface area contributed by atoms with Gasteiger partial charge in [0.25, 0.3) is 5.56 Å². The van der Waals surface area contributed by atoms with Crippen LogP contribution in [0.1, 0.15) is 11.3 Å². The third-order valence-electron chi connectivity index (χ3n) is 3.58. The van der Waals surface area contributed by atoms with Gasteiger partial charge in [-0.05, 0) is 18.6 Å². The van der Waals surface area contributed by atoms with Crippen LogP contribution in [-0.2, 0) is 6.54 Å². The van der Waals surface area contributed by atoms with Gasteiger partial charge in [-0.1, -0.05) is 6.07 Å². The Labute approximate surface area is 115 Å². The molecule has 2 atom stereocenters. The second-order valence-electron chi connectivity index (χ2n) is 5.35. The summed E-state index contributed by atoms with van der Waals surface area (Å²) in [7, 11) is 0. The van der Waals surface area contributed by atoms with Gasteiger partial charge in [0.05, 0.1) is 17.9 Å². The molecule has 0 radical (unpaired) electrons. The van der Waals surface area contributed by atoms with E-state index < -0.39 is 12.2 Å². The van der Waals surface area contributed by atoms with Gasteiger partial charge in [0, 0.05) is 31.9 Å². The molecule has 0 aromatic carbocycles. The molecule has 0 aliphatic carbocycles. The van der Waals surface area contributed by atoms with Crippen molar-refractivity contribution in [2.45, 2.75) is 25.7 Å². The Hall–Kier alpha value is -1.76. The highest BCUT2D eigenvalue weighted by Crippen LogP contribution is 2.13. The van der Waals surface area contributed by atoms with Gasteiger partial charge in [0.1, 0.15) is 5.65 Å². The van der Waals surface area contributed by atoms with Gasteiger partial charge in [0.15, 0.2) is 0 Å². The third kappa shape index (κ3) is 2.45. The van der Waals surface area contributed by atoms with Gasteiger partial charge in [-0.15, -0.1) is 0 Å². The number of aryl methyl sites for hydroxylation is 1. The molecule has 3 rings (SSSR count). The van der Waals surface area contributed by atoms with Crippen molar-refractivity contribution >= 4 is 5.65 Å². The minimum absolute atomic E-state index is 0.117. The van der Waals surface area contributed by atoms with E-state index in [9.17, 15) is 15.0 Å². The second-order valence-corrected chi connectivity index (χ2v) is 5.35. The van der Waals surface area contributed by atoms with Gasteiger partial charge in [-0.3, -0.25) is 14.1 Å². The van der Waals surface area contributed by atoms with E-state index in [-0.39, 0.29) is 5.56 Å². The molecular weight excluding hydrogens is 258 g/mol. The number of nitrogens with zero attached hydrogens (tertiary/aromatic N) is 3. The quantitative estimate of drug-likeness (QED) is 0.775. The largest absolute Gasteiger partial charge is 0.389 e. The van der Waals surface area contributed by atoms with Crippen molar-refractivity contribution in [3.05, 3.63) is 46.0 Å². The maximum Gasteiger partial charge on any atom is 0.258 e. The average Bonchev–Trinajstić information content (AvgIpc) is 2.69. The summed E-state index contributed by atoms with van der Waals surface area (Å²) in [6.07, 6.45) is 0.316. The molecule has 1 saturated heterocycles. The molecule has 2 aromatic heterocycles. The fraction of sp³-hybridized carbons (Fsp3) is 0.429. The van der Waals surface area contributed by atoms with Gasteiger partial charge in [0.2, 0.25) is 0 Å². The first-order valence-corrected chi connectivity index (χ1v) is 6.60. The zero-order valence-electron chi connectivity index (χ0n) is 11.2. The molecule has 6 nitrogen and oxygen atoms in total. The molecule has 0 spiro atoms. The molecule has 2 aromatic rings. The second kappa shape index (κ2) is 4.97. The molecule has 6 heteroatoms. The Kier molecular flexibility index (Phi) is 3.29. The lowest BCUT2D eigenvalue weighted by molar-refractivity contribution is 0.0572. The number of fused-ring (bicyclic) bond motifs is 1. The van der Waals surface area contributed by atoms with Crippen molar-refractivity contribution in [2.75, 3.05) is 13.1 Å². The van der Waals surface area contributed by atoms with Crippen molar-refractivity contribution < 1.29 is 10.2 Å². The smallest absolute Gasteiger partial charge is 0.258 e. The molecular formula is C14H17N3O3. The van der Waals surface area contributed by atoms with Gasteiger partial charge in [-0.2, -0.15) is 0 Å². The zero-order valence-corrected chi connectivity index (χ0v) is 11.2. The Bertz CT molecular complexity index is 688.